The van der Waals surface area contributed by atoms with Gasteiger partial charge in [0.15, 0.2) is 5.11 Å². The number of nitrogens with zero attached hydrogens (tertiary/aromatic N) is 1. The summed E-state index contributed by atoms with van der Waals surface area (Å²) >= 11 is 5.25. The minimum Gasteiger partial charge on any atom is -0.339 e. The summed E-state index contributed by atoms with van der Waals surface area (Å²) in [6.45, 7) is 1.56. The summed E-state index contributed by atoms with van der Waals surface area (Å²) in [6, 6.07) is 16.1. The van der Waals surface area contributed by atoms with Crippen LogP contribution in [-0.2, 0) is 0 Å². The van der Waals surface area contributed by atoms with E-state index in [9.17, 15) is 9.59 Å². The third kappa shape index (κ3) is 4.46. The quantitative estimate of drug-likeness (QED) is 0.816. The number of carbonyl (C=O) groups is 2. The zero-order valence-electron chi connectivity index (χ0n) is 14.4. The molecule has 0 aliphatic carbocycles. The maximum atomic E-state index is 12.8. The number of benzene rings is 2. The van der Waals surface area contributed by atoms with Crippen LogP contribution in [0.4, 0.5) is 5.69 Å². The average Bonchev–Trinajstić information content (AvgIpc) is 2.69. The lowest BCUT2D eigenvalue weighted by atomic mass is 10.1. The summed E-state index contributed by atoms with van der Waals surface area (Å²) in [5, 5.41) is 5.79. The molecule has 0 atom stereocenters. The molecule has 1 aliphatic rings. The molecule has 2 aromatic rings. The third-order valence-electron chi connectivity index (χ3n) is 4.31. The SMILES string of the molecule is O=C(NC(=S)Nc1ccccc1C(=O)N1CCCCC1)c1ccccc1. The lowest BCUT2D eigenvalue weighted by molar-refractivity contribution is 0.0725. The summed E-state index contributed by atoms with van der Waals surface area (Å²) in [5.41, 5.74) is 1.68. The van der Waals surface area contributed by atoms with E-state index in [0.717, 1.165) is 25.9 Å². The molecule has 26 heavy (non-hydrogen) atoms. The zero-order chi connectivity index (χ0) is 18.4. The number of para-hydroxylation sites is 1. The topological polar surface area (TPSA) is 61.4 Å². The molecular weight excluding hydrogens is 346 g/mol. The number of hydrogen-bond donors (Lipinski definition) is 2. The second kappa shape index (κ2) is 8.58. The van der Waals surface area contributed by atoms with Crippen LogP contribution in [0.15, 0.2) is 54.6 Å². The van der Waals surface area contributed by atoms with Crippen LogP contribution in [0.3, 0.4) is 0 Å². The van der Waals surface area contributed by atoms with E-state index in [4.69, 9.17) is 12.2 Å². The van der Waals surface area contributed by atoms with Crippen molar-refractivity contribution in [2.75, 3.05) is 18.4 Å². The minimum absolute atomic E-state index is 0.00927. The smallest absolute Gasteiger partial charge is 0.257 e. The highest BCUT2D eigenvalue weighted by molar-refractivity contribution is 7.80. The summed E-state index contributed by atoms with van der Waals surface area (Å²) in [4.78, 5) is 26.9. The van der Waals surface area contributed by atoms with E-state index in [1.165, 1.54) is 6.42 Å². The molecule has 134 valence electrons. The summed E-state index contributed by atoms with van der Waals surface area (Å²) < 4.78 is 0. The minimum atomic E-state index is -0.289. The number of rotatable bonds is 3. The monoisotopic (exact) mass is 367 g/mol. The predicted molar refractivity (Wildman–Crippen MR) is 106 cm³/mol. The highest BCUT2D eigenvalue weighted by Gasteiger charge is 2.21. The molecule has 0 spiro atoms. The Labute approximate surface area is 158 Å². The van der Waals surface area contributed by atoms with E-state index in [1.54, 1.807) is 36.4 Å². The predicted octanol–water partition coefficient (Wildman–Crippen LogP) is 3.44. The standard InChI is InChI=1S/C20H21N3O2S/c24-18(15-9-3-1-4-10-15)22-20(26)21-17-12-6-5-11-16(17)19(25)23-13-7-2-8-14-23/h1,3-6,9-12H,2,7-8,13-14H2,(H2,21,22,24,26). The Morgan fingerprint density at radius 3 is 2.27 bits per heavy atom. The van der Waals surface area contributed by atoms with Crippen LogP contribution in [0.1, 0.15) is 40.0 Å². The summed E-state index contributed by atoms with van der Waals surface area (Å²) in [5.74, 6) is -0.298. The van der Waals surface area contributed by atoms with E-state index < -0.39 is 0 Å². The first-order valence-electron chi connectivity index (χ1n) is 8.71. The Kier molecular flexibility index (Phi) is 5.96. The van der Waals surface area contributed by atoms with Crippen molar-refractivity contribution in [3.05, 3.63) is 65.7 Å². The Morgan fingerprint density at radius 2 is 1.54 bits per heavy atom. The highest BCUT2D eigenvalue weighted by atomic mass is 32.1. The first kappa shape index (κ1) is 18.1. The molecule has 2 aromatic carbocycles. The van der Waals surface area contributed by atoms with Crippen LogP contribution in [0, 0.1) is 0 Å². The van der Waals surface area contributed by atoms with Gasteiger partial charge in [-0.3, -0.25) is 14.9 Å². The van der Waals surface area contributed by atoms with Gasteiger partial charge in [0, 0.05) is 18.7 Å². The molecule has 0 unspecified atom stereocenters. The Bertz CT molecular complexity index is 802. The van der Waals surface area contributed by atoms with Gasteiger partial charge in [0.2, 0.25) is 0 Å². The fourth-order valence-corrected chi connectivity index (χ4v) is 3.17. The van der Waals surface area contributed by atoms with Gasteiger partial charge >= 0.3 is 0 Å². The number of piperidine rings is 1. The van der Waals surface area contributed by atoms with Crippen LogP contribution < -0.4 is 10.6 Å². The van der Waals surface area contributed by atoms with Gasteiger partial charge in [-0.2, -0.15) is 0 Å². The van der Waals surface area contributed by atoms with E-state index in [2.05, 4.69) is 10.6 Å². The van der Waals surface area contributed by atoms with Gasteiger partial charge in [0.05, 0.1) is 11.3 Å². The molecule has 0 radical (unpaired) electrons. The molecule has 2 N–H and O–H groups in total. The molecule has 1 fully saturated rings. The number of hydrogen-bond acceptors (Lipinski definition) is 3. The highest BCUT2D eigenvalue weighted by Crippen LogP contribution is 2.20. The molecule has 5 nitrogen and oxygen atoms in total. The van der Waals surface area contributed by atoms with Crippen molar-refractivity contribution in [2.24, 2.45) is 0 Å². The second-order valence-electron chi connectivity index (χ2n) is 6.17. The van der Waals surface area contributed by atoms with Crippen LogP contribution in [0.25, 0.3) is 0 Å². The molecule has 2 amide bonds. The Hall–Kier alpha value is -2.73. The molecule has 0 aromatic heterocycles. The van der Waals surface area contributed by atoms with Crippen molar-refractivity contribution in [1.82, 2.24) is 10.2 Å². The maximum absolute atomic E-state index is 12.8. The van der Waals surface area contributed by atoms with Crippen LogP contribution in [0.5, 0.6) is 0 Å². The van der Waals surface area contributed by atoms with E-state index in [-0.39, 0.29) is 16.9 Å². The van der Waals surface area contributed by atoms with Crippen molar-refractivity contribution in [1.29, 1.82) is 0 Å². The third-order valence-corrected chi connectivity index (χ3v) is 4.52. The van der Waals surface area contributed by atoms with Gasteiger partial charge in [-0.15, -0.1) is 0 Å². The van der Waals surface area contributed by atoms with Crippen molar-refractivity contribution in [3.8, 4) is 0 Å². The average molecular weight is 367 g/mol. The second-order valence-corrected chi connectivity index (χ2v) is 6.58. The summed E-state index contributed by atoms with van der Waals surface area (Å²) in [6.07, 6.45) is 3.24. The first-order chi connectivity index (χ1) is 12.6. The Morgan fingerprint density at radius 1 is 0.885 bits per heavy atom. The van der Waals surface area contributed by atoms with Gasteiger partial charge in [0.25, 0.3) is 11.8 Å². The van der Waals surface area contributed by atoms with Crippen molar-refractivity contribution in [2.45, 2.75) is 19.3 Å². The number of amides is 2. The zero-order valence-corrected chi connectivity index (χ0v) is 15.2. The normalized spacial score (nSPS) is 13.8. The van der Waals surface area contributed by atoms with Crippen LogP contribution >= 0.6 is 12.2 Å². The molecule has 3 rings (SSSR count). The Balaban J connectivity index is 1.68. The molecular formula is C20H21N3O2S. The van der Waals surface area contributed by atoms with Gasteiger partial charge in [-0.25, -0.2) is 0 Å². The van der Waals surface area contributed by atoms with E-state index >= 15 is 0 Å². The number of carbonyl (C=O) groups excluding carboxylic acids is 2. The van der Waals surface area contributed by atoms with Gasteiger partial charge in [-0.1, -0.05) is 30.3 Å². The fraction of sp³-hybridized carbons (Fsp3) is 0.250. The lowest BCUT2D eigenvalue weighted by Gasteiger charge is -2.27. The molecule has 1 heterocycles. The number of nitrogens with one attached hydrogen (secondary N) is 2. The van der Waals surface area contributed by atoms with Crippen LogP contribution in [-0.4, -0.2) is 34.9 Å². The molecule has 6 heteroatoms. The number of anilines is 1. The maximum Gasteiger partial charge on any atom is 0.257 e. The van der Waals surface area contributed by atoms with Crippen LogP contribution in [0.2, 0.25) is 0 Å². The van der Waals surface area contributed by atoms with Crippen molar-refractivity contribution < 1.29 is 9.59 Å². The van der Waals surface area contributed by atoms with Gasteiger partial charge < -0.3 is 10.2 Å². The molecule has 0 saturated carbocycles. The molecule has 0 bridgehead atoms. The number of thiocarbonyl (C=S) groups is 1. The van der Waals surface area contributed by atoms with Crippen molar-refractivity contribution in [3.63, 3.8) is 0 Å². The van der Waals surface area contributed by atoms with Gasteiger partial charge in [-0.05, 0) is 55.7 Å². The molecule has 1 saturated heterocycles. The van der Waals surface area contributed by atoms with E-state index in [0.29, 0.717) is 16.8 Å². The van der Waals surface area contributed by atoms with Gasteiger partial charge in [0.1, 0.15) is 0 Å². The fourth-order valence-electron chi connectivity index (χ4n) is 2.96. The van der Waals surface area contributed by atoms with E-state index in [1.807, 2.05) is 23.1 Å². The first-order valence-corrected chi connectivity index (χ1v) is 9.11. The number of likely N-dealkylation sites (tertiary alicyclic amines) is 1. The lowest BCUT2D eigenvalue weighted by Crippen LogP contribution is -2.37. The summed E-state index contributed by atoms with van der Waals surface area (Å²) in [7, 11) is 0. The largest absolute Gasteiger partial charge is 0.339 e. The van der Waals surface area contributed by atoms with Crippen molar-refractivity contribution >= 4 is 34.8 Å². The molecule has 1 aliphatic heterocycles.